The van der Waals surface area contributed by atoms with E-state index >= 15 is 0 Å². The van der Waals surface area contributed by atoms with Crippen LogP contribution in [0.3, 0.4) is 0 Å². The molecule has 16 heavy (non-hydrogen) atoms. The lowest BCUT2D eigenvalue weighted by Gasteiger charge is -2.19. The molecule has 0 aliphatic heterocycles. The predicted octanol–water partition coefficient (Wildman–Crippen LogP) is 3.17. The lowest BCUT2D eigenvalue weighted by molar-refractivity contribution is 0.471. The molecule has 1 atom stereocenters. The van der Waals surface area contributed by atoms with Crippen molar-refractivity contribution in [3.8, 4) is 0 Å². The monoisotopic (exact) mass is 235 g/mol. The highest BCUT2D eigenvalue weighted by Crippen LogP contribution is 2.45. The van der Waals surface area contributed by atoms with Crippen molar-refractivity contribution in [1.29, 1.82) is 0 Å². The Morgan fingerprint density at radius 2 is 2.25 bits per heavy atom. The van der Waals surface area contributed by atoms with Gasteiger partial charge in [0.15, 0.2) is 10.8 Å². The third-order valence-electron chi connectivity index (χ3n) is 3.47. The van der Waals surface area contributed by atoms with E-state index in [1.54, 1.807) is 6.07 Å². The number of halogens is 1. The first-order chi connectivity index (χ1) is 7.49. The number of nitrogens with zero attached hydrogens (tertiary/aromatic N) is 3. The predicted molar refractivity (Wildman–Crippen MR) is 64.1 cm³/mol. The van der Waals surface area contributed by atoms with Crippen LogP contribution < -0.4 is 0 Å². The molecular formula is C12H14ClN3. The standard InChI is InChI=1S/C12H14ClN3/c1-7-5-12(2,3)11-8(7)6-14-10-4-9(13)15-16(10)11/h4,6-7H,5H2,1-3H3. The fourth-order valence-corrected chi connectivity index (χ4v) is 3.10. The molecule has 0 N–H and O–H groups in total. The third-order valence-corrected chi connectivity index (χ3v) is 3.66. The molecule has 0 radical (unpaired) electrons. The molecule has 1 unspecified atom stereocenters. The molecule has 3 rings (SSSR count). The topological polar surface area (TPSA) is 30.2 Å². The fourth-order valence-electron chi connectivity index (χ4n) is 2.93. The normalized spacial score (nSPS) is 22.6. The van der Waals surface area contributed by atoms with Gasteiger partial charge in [-0.3, -0.25) is 0 Å². The maximum Gasteiger partial charge on any atom is 0.156 e. The van der Waals surface area contributed by atoms with Gasteiger partial charge in [-0.1, -0.05) is 32.4 Å². The maximum absolute atomic E-state index is 5.94. The van der Waals surface area contributed by atoms with E-state index in [2.05, 4.69) is 30.9 Å². The SMILES string of the molecule is CC1CC(C)(C)c2c1cnc1cc(Cl)nn21. The van der Waals surface area contributed by atoms with E-state index in [0.29, 0.717) is 11.1 Å². The molecule has 0 bridgehead atoms. The highest BCUT2D eigenvalue weighted by atomic mass is 35.5. The highest BCUT2D eigenvalue weighted by molar-refractivity contribution is 6.29. The lowest BCUT2D eigenvalue weighted by Crippen LogP contribution is -2.17. The Kier molecular flexibility index (Phi) is 1.88. The van der Waals surface area contributed by atoms with Gasteiger partial charge in [0.25, 0.3) is 0 Å². The molecule has 0 aromatic carbocycles. The van der Waals surface area contributed by atoms with Crippen molar-refractivity contribution in [2.75, 3.05) is 0 Å². The molecule has 1 aliphatic rings. The van der Waals surface area contributed by atoms with Crippen LogP contribution in [0.5, 0.6) is 0 Å². The minimum absolute atomic E-state index is 0.144. The molecule has 2 aromatic rings. The second-order valence-corrected chi connectivity index (χ2v) is 5.68. The van der Waals surface area contributed by atoms with Crippen molar-refractivity contribution >= 4 is 17.2 Å². The van der Waals surface area contributed by atoms with Crippen LogP contribution in [0.15, 0.2) is 12.3 Å². The Balaban J connectivity index is 2.41. The maximum atomic E-state index is 5.94. The smallest absolute Gasteiger partial charge is 0.156 e. The zero-order valence-corrected chi connectivity index (χ0v) is 10.4. The minimum atomic E-state index is 0.144. The summed E-state index contributed by atoms with van der Waals surface area (Å²) in [7, 11) is 0. The summed E-state index contributed by atoms with van der Waals surface area (Å²) in [5, 5.41) is 4.84. The van der Waals surface area contributed by atoms with Crippen LogP contribution in [-0.2, 0) is 5.41 Å². The molecule has 84 valence electrons. The van der Waals surface area contributed by atoms with E-state index in [4.69, 9.17) is 11.6 Å². The van der Waals surface area contributed by atoms with Crippen molar-refractivity contribution in [3.05, 3.63) is 28.7 Å². The van der Waals surface area contributed by atoms with Gasteiger partial charge in [-0.2, -0.15) is 5.10 Å². The molecule has 0 spiro atoms. The van der Waals surface area contributed by atoms with Gasteiger partial charge in [-0.15, -0.1) is 0 Å². The average Bonchev–Trinajstić information content (AvgIpc) is 2.63. The average molecular weight is 236 g/mol. The summed E-state index contributed by atoms with van der Waals surface area (Å²) in [5.74, 6) is 0.546. The number of hydrogen-bond donors (Lipinski definition) is 0. The Bertz CT molecular complexity index is 571. The second kappa shape index (κ2) is 2.98. The van der Waals surface area contributed by atoms with Crippen LogP contribution in [0.2, 0.25) is 5.15 Å². The largest absolute Gasteiger partial charge is 0.237 e. The molecule has 0 fully saturated rings. The third kappa shape index (κ3) is 1.21. The lowest BCUT2D eigenvalue weighted by atomic mass is 9.89. The molecule has 2 aromatic heterocycles. The Morgan fingerprint density at radius 3 is 3.00 bits per heavy atom. The summed E-state index contributed by atoms with van der Waals surface area (Å²) in [5.41, 5.74) is 3.55. The van der Waals surface area contributed by atoms with Crippen LogP contribution in [0.1, 0.15) is 44.4 Å². The van der Waals surface area contributed by atoms with E-state index in [9.17, 15) is 0 Å². The van der Waals surface area contributed by atoms with Crippen molar-refractivity contribution in [2.24, 2.45) is 0 Å². The fraction of sp³-hybridized carbons (Fsp3) is 0.500. The van der Waals surface area contributed by atoms with Gasteiger partial charge in [0.05, 0.1) is 5.69 Å². The highest BCUT2D eigenvalue weighted by Gasteiger charge is 2.37. The van der Waals surface area contributed by atoms with E-state index < -0.39 is 0 Å². The summed E-state index contributed by atoms with van der Waals surface area (Å²) in [6.45, 7) is 6.75. The van der Waals surface area contributed by atoms with Crippen LogP contribution in [0.4, 0.5) is 0 Å². The number of aromatic nitrogens is 3. The first-order valence-electron chi connectivity index (χ1n) is 5.54. The Labute approximate surface area is 99.4 Å². The van der Waals surface area contributed by atoms with Crippen molar-refractivity contribution in [2.45, 2.75) is 38.5 Å². The molecule has 4 heteroatoms. The molecule has 0 saturated heterocycles. The quantitative estimate of drug-likeness (QED) is 0.702. The number of fused-ring (bicyclic) bond motifs is 3. The molecular weight excluding hydrogens is 222 g/mol. The second-order valence-electron chi connectivity index (χ2n) is 5.29. The molecule has 0 amide bonds. The summed E-state index contributed by atoms with van der Waals surface area (Å²) in [6.07, 6.45) is 3.11. The number of rotatable bonds is 0. The van der Waals surface area contributed by atoms with Gasteiger partial charge in [0.1, 0.15) is 0 Å². The van der Waals surface area contributed by atoms with E-state index in [1.165, 1.54) is 11.3 Å². The zero-order valence-electron chi connectivity index (χ0n) is 9.66. The van der Waals surface area contributed by atoms with E-state index in [0.717, 1.165) is 12.1 Å². The summed E-state index contributed by atoms with van der Waals surface area (Å²) >= 11 is 5.94. The van der Waals surface area contributed by atoms with Gasteiger partial charge in [-0.25, -0.2) is 9.50 Å². The Hall–Kier alpha value is -1.09. The van der Waals surface area contributed by atoms with Crippen LogP contribution in [0, 0.1) is 0 Å². The zero-order chi connectivity index (χ0) is 11.5. The Morgan fingerprint density at radius 1 is 1.50 bits per heavy atom. The molecule has 1 aliphatic carbocycles. The van der Waals surface area contributed by atoms with Gasteiger partial charge >= 0.3 is 0 Å². The first kappa shape index (κ1) is 10.1. The summed E-state index contributed by atoms with van der Waals surface area (Å²) in [6, 6.07) is 1.81. The van der Waals surface area contributed by atoms with Crippen LogP contribution in [0.25, 0.3) is 5.65 Å². The van der Waals surface area contributed by atoms with Crippen LogP contribution in [-0.4, -0.2) is 14.6 Å². The van der Waals surface area contributed by atoms with Crippen molar-refractivity contribution in [1.82, 2.24) is 14.6 Å². The van der Waals surface area contributed by atoms with Gasteiger partial charge in [0.2, 0.25) is 0 Å². The van der Waals surface area contributed by atoms with Crippen molar-refractivity contribution in [3.63, 3.8) is 0 Å². The van der Waals surface area contributed by atoms with Gasteiger partial charge in [0, 0.05) is 17.7 Å². The number of hydrogen-bond acceptors (Lipinski definition) is 2. The van der Waals surface area contributed by atoms with E-state index in [-0.39, 0.29) is 5.41 Å². The van der Waals surface area contributed by atoms with Crippen LogP contribution >= 0.6 is 11.6 Å². The van der Waals surface area contributed by atoms with Gasteiger partial charge in [-0.05, 0) is 17.9 Å². The van der Waals surface area contributed by atoms with E-state index in [1.807, 2.05) is 10.7 Å². The molecule has 2 heterocycles. The van der Waals surface area contributed by atoms with Crippen molar-refractivity contribution < 1.29 is 0 Å². The first-order valence-corrected chi connectivity index (χ1v) is 5.91. The summed E-state index contributed by atoms with van der Waals surface area (Å²) in [4.78, 5) is 4.41. The molecule has 0 saturated carbocycles. The molecule has 3 nitrogen and oxygen atoms in total. The minimum Gasteiger partial charge on any atom is -0.237 e. The summed E-state index contributed by atoms with van der Waals surface area (Å²) < 4.78 is 1.90. The van der Waals surface area contributed by atoms with Gasteiger partial charge < -0.3 is 0 Å².